The number of hydrogen-bond donors (Lipinski definition) is 1. The fraction of sp³-hybridized carbons (Fsp3) is 0.588. The quantitative estimate of drug-likeness (QED) is 0.669. The monoisotopic (exact) mass is 319 g/mol. The van der Waals surface area contributed by atoms with Crippen molar-refractivity contribution < 1.29 is 9.72 Å². The first-order valence-electron chi connectivity index (χ1n) is 8.16. The third-order valence-corrected chi connectivity index (χ3v) is 4.68. The van der Waals surface area contributed by atoms with Gasteiger partial charge in [0.05, 0.1) is 4.92 Å². The lowest BCUT2D eigenvalue weighted by atomic mass is 9.95. The van der Waals surface area contributed by atoms with Crippen LogP contribution >= 0.6 is 0 Å². The van der Waals surface area contributed by atoms with Gasteiger partial charge >= 0.3 is 0 Å². The highest BCUT2D eigenvalue weighted by Crippen LogP contribution is 2.22. The van der Waals surface area contributed by atoms with Crippen LogP contribution in [0.3, 0.4) is 0 Å². The third-order valence-electron chi connectivity index (χ3n) is 4.68. The van der Waals surface area contributed by atoms with E-state index >= 15 is 0 Å². The van der Waals surface area contributed by atoms with E-state index in [0.717, 1.165) is 25.9 Å². The zero-order chi connectivity index (χ0) is 17.0. The molecule has 6 heteroatoms. The smallest absolute Gasteiger partial charge is 0.273 e. The summed E-state index contributed by atoms with van der Waals surface area (Å²) in [7, 11) is 0. The molecule has 1 saturated heterocycles. The van der Waals surface area contributed by atoms with Crippen LogP contribution in [0, 0.1) is 23.0 Å². The second-order valence-corrected chi connectivity index (χ2v) is 6.49. The standard InChI is InChI=1S/C17H25N3O3/c1-12(2)19-9-7-14(8-10-19)11-18-17(21)15-5-4-6-16(13(15)3)20(22)23/h4-6,12,14H,7-11H2,1-3H3,(H,18,21). The Morgan fingerprint density at radius 3 is 2.61 bits per heavy atom. The molecule has 0 spiro atoms. The van der Waals surface area contributed by atoms with E-state index < -0.39 is 4.92 Å². The van der Waals surface area contributed by atoms with Crippen LogP contribution in [0.15, 0.2) is 18.2 Å². The van der Waals surface area contributed by atoms with Gasteiger partial charge in [0.2, 0.25) is 0 Å². The zero-order valence-electron chi connectivity index (χ0n) is 14.0. The Labute approximate surface area is 137 Å². The largest absolute Gasteiger partial charge is 0.352 e. The maximum Gasteiger partial charge on any atom is 0.273 e. The number of hydrogen-bond acceptors (Lipinski definition) is 4. The van der Waals surface area contributed by atoms with E-state index in [2.05, 4.69) is 24.1 Å². The molecule has 1 aliphatic heterocycles. The topological polar surface area (TPSA) is 75.5 Å². The van der Waals surface area contributed by atoms with E-state index in [1.165, 1.54) is 6.07 Å². The number of amides is 1. The molecule has 0 bridgehead atoms. The van der Waals surface area contributed by atoms with Crippen molar-refractivity contribution in [3.63, 3.8) is 0 Å². The Bertz CT molecular complexity index is 578. The van der Waals surface area contributed by atoms with Gasteiger partial charge < -0.3 is 10.2 Å². The number of benzene rings is 1. The molecule has 1 fully saturated rings. The molecule has 126 valence electrons. The molecule has 1 aliphatic rings. The fourth-order valence-electron chi connectivity index (χ4n) is 3.07. The molecule has 1 amide bonds. The number of nitrogens with zero attached hydrogens (tertiary/aromatic N) is 2. The summed E-state index contributed by atoms with van der Waals surface area (Å²) in [6, 6.07) is 5.19. The van der Waals surface area contributed by atoms with Crippen LogP contribution in [0.5, 0.6) is 0 Å². The molecule has 23 heavy (non-hydrogen) atoms. The summed E-state index contributed by atoms with van der Waals surface area (Å²) in [6.45, 7) is 8.78. The van der Waals surface area contributed by atoms with Gasteiger partial charge in [0.1, 0.15) is 0 Å². The van der Waals surface area contributed by atoms with Crippen molar-refractivity contribution >= 4 is 11.6 Å². The summed E-state index contributed by atoms with van der Waals surface area (Å²) < 4.78 is 0. The molecule has 0 aliphatic carbocycles. The van der Waals surface area contributed by atoms with Crippen LogP contribution in [-0.4, -0.2) is 41.4 Å². The van der Waals surface area contributed by atoms with Crippen molar-refractivity contribution in [2.24, 2.45) is 5.92 Å². The first kappa shape index (κ1) is 17.4. The predicted octanol–water partition coefficient (Wildman–Crippen LogP) is 2.75. The maximum absolute atomic E-state index is 12.3. The minimum absolute atomic E-state index is 0.0112. The minimum atomic E-state index is -0.451. The van der Waals surface area contributed by atoms with Gasteiger partial charge in [0.25, 0.3) is 11.6 Å². The molecular weight excluding hydrogens is 294 g/mol. The highest BCUT2D eigenvalue weighted by molar-refractivity contribution is 5.96. The molecule has 6 nitrogen and oxygen atoms in total. The van der Waals surface area contributed by atoms with Gasteiger partial charge in [-0.25, -0.2) is 0 Å². The number of piperidine rings is 1. The predicted molar refractivity (Wildman–Crippen MR) is 89.6 cm³/mol. The van der Waals surface area contributed by atoms with Crippen molar-refractivity contribution in [3.8, 4) is 0 Å². The summed E-state index contributed by atoms with van der Waals surface area (Å²) in [5.74, 6) is 0.255. The summed E-state index contributed by atoms with van der Waals surface area (Å²) in [6.07, 6.45) is 2.15. The Hall–Kier alpha value is -1.95. The van der Waals surface area contributed by atoms with Gasteiger partial charge in [-0.05, 0) is 58.7 Å². The molecule has 0 radical (unpaired) electrons. The number of nitro groups is 1. The SMILES string of the molecule is Cc1c(C(=O)NCC2CCN(C(C)C)CC2)cccc1[N+](=O)[O-]. The Kier molecular flexibility index (Phi) is 5.71. The van der Waals surface area contributed by atoms with Gasteiger partial charge in [-0.2, -0.15) is 0 Å². The first-order chi connectivity index (χ1) is 10.9. The van der Waals surface area contributed by atoms with Crippen molar-refractivity contribution in [3.05, 3.63) is 39.4 Å². The molecule has 0 atom stereocenters. The lowest BCUT2D eigenvalue weighted by molar-refractivity contribution is -0.385. The molecule has 0 aromatic heterocycles. The second-order valence-electron chi connectivity index (χ2n) is 6.49. The van der Waals surface area contributed by atoms with Crippen molar-refractivity contribution in [2.75, 3.05) is 19.6 Å². The van der Waals surface area contributed by atoms with Crippen LogP contribution in [0.4, 0.5) is 5.69 Å². The number of nitro benzene ring substituents is 1. The van der Waals surface area contributed by atoms with E-state index in [1.807, 2.05) is 0 Å². The molecule has 1 aromatic carbocycles. The van der Waals surface area contributed by atoms with E-state index in [1.54, 1.807) is 19.1 Å². The summed E-state index contributed by atoms with van der Waals surface area (Å²) in [4.78, 5) is 25.3. The van der Waals surface area contributed by atoms with Crippen LogP contribution in [0.25, 0.3) is 0 Å². The van der Waals surface area contributed by atoms with Crippen LogP contribution in [0.1, 0.15) is 42.6 Å². The van der Waals surface area contributed by atoms with Gasteiger partial charge in [-0.3, -0.25) is 14.9 Å². The van der Waals surface area contributed by atoms with Crippen molar-refractivity contribution in [1.29, 1.82) is 0 Å². The normalized spacial score (nSPS) is 16.5. The Morgan fingerprint density at radius 1 is 1.39 bits per heavy atom. The van der Waals surface area contributed by atoms with E-state index in [9.17, 15) is 14.9 Å². The molecule has 2 rings (SSSR count). The van der Waals surface area contributed by atoms with E-state index in [4.69, 9.17) is 0 Å². The van der Waals surface area contributed by atoms with Crippen LogP contribution in [0.2, 0.25) is 0 Å². The van der Waals surface area contributed by atoms with Gasteiger partial charge in [0, 0.05) is 29.8 Å². The average molecular weight is 319 g/mol. The number of nitrogens with one attached hydrogen (secondary N) is 1. The molecule has 1 aromatic rings. The molecular formula is C17H25N3O3. The maximum atomic E-state index is 12.3. The number of rotatable bonds is 5. The molecule has 0 unspecified atom stereocenters. The highest BCUT2D eigenvalue weighted by atomic mass is 16.6. The zero-order valence-corrected chi connectivity index (χ0v) is 14.0. The lowest BCUT2D eigenvalue weighted by Crippen LogP contribution is -2.41. The van der Waals surface area contributed by atoms with Gasteiger partial charge in [0.15, 0.2) is 0 Å². The highest BCUT2D eigenvalue weighted by Gasteiger charge is 2.22. The van der Waals surface area contributed by atoms with Gasteiger partial charge in [-0.15, -0.1) is 0 Å². The molecule has 1 heterocycles. The van der Waals surface area contributed by atoms with Crippen molar-refractivity contribution in [1.82, 2.24) is 10.2 Å². The summed E-state index contributed by atoms with van der Waals surface area (Å²) >= 11 is 0. The number of carbonyl (C=O) groups is 1. The number of carbonyl (C=O) groups excluding carboxylic acids is 1. The Morgan fingerprint density at radius 2 is 2.04 bits per heavy atom. The van der Waals surface area contributed by atoms with E-state index in [-0.39, 0.29) is 11.6 Å². The van der Waals surface area contributed by atoms with Crippen LogP contribution < -0.4 is 5.32 Å². The van der Waals surface area contributed by atoms with Gasteiger partial charge in [-0.1, -0.05) is 6.07 Å². The van der Waals surface area contributed by atoms with Crippen molar-refractivity contribution in [2.45, 2.75) is 39.7 Å². The first-order valence-corrected chi connectivity index (χ1v) is 8.16. The fourth-order valence-corrected chi connectivity index (χ4v) is 3.07. The van der Waals surface area contributed by atoms with E-state index in [0.29, 0.717) is 29.6 Å². The summed E-state index contributed by atoms with van der Waals surface area (Å²) in [5.41, 5.74) is 0.798. The van der Waals surface area contributed by atoms with Crippen LogP contribution in [-0.2, 0) is 0 Å². The summed E-state index contributed by atoms with van der Waals surface area (Å²) in [5, 5.41) is 13.9. The lowest BCUT2D eigenvalue weighted by Gasteiger charge is -2.34. The molecule has 0 saturated carbocycles. The Balaban J connectivity index is 1.91. The average Bonchev–Trinajstić information content (AvgIpc) is 2.53. The second kappa shape index (κ2) is 7.55. The third kappa shape index (κ3) is 4.28. The number of likely N-dealkylation sites (tertiary alicyclic amines) is 1. The minimum Gasteiger partial charge on any atom is -0.352 e. The molecule has 1 N–H and O–H groups in total.